The highest BCUT2D eigenvalue weighted by molar-refractivity contribution is 6.08. The minimum Gasteiger partial charge on any atom is -0.493 e. The van der Waals surface area contributed by atoms with Crippen molar-refractivity contribution >= 4 is 27.5 Å². The summed E-state index contributed by atoms with van der Waals surface area (Å²) in [6.45, 7) is 2.24. The number of likely N-dealkylation sites (tertiary alicyclic amines) is 1. The van der Waals surface area contributed by atoms with Gasteiger partial charge in [0.15, 0.2) is 11.5 Å². The summed E-state index contributed by atoms with van der Waals surface area (Å²) in [5, 5.41) is 6.03. The molecular formula is C21H25N3O2. The third-order valence-electron chi connectivity index (χ3n) is 5.25. The van der Waals surface area contributed by atoms with E-state index in [1.807, 2.05) is 18.2 Å². The third-order valence-corrected chi connectivity index (χ3v) is 5.25. The normalized spacial score (nSPS) is 16.1. The molecule has 0 radical (unpaired) electrons. The minimum absolute atomic E-state index is 0.466. The van der Waals surface area contributed by atoms with Gasteiger partial charge >= 0.3 is 0 Å². The number of nitrogens with zero attached hydrogens (tertiary/aromatic N) is 2. The van der Waals surface area contributed by atoms with E-state index in [1.165, 1.54) is 0 Å². The van der Waals surface area contributed by atoms with Crippen LogP contribution in [0.25, 0.3) is 21.8 Å². The Morgan fingerprint density at radius 1 is 0.962 bits per heavy atom. The fourth-order valence-corrected chi connectivity index (χ4v) is 3.73. The molecule has 0 bridgehead atoms. The summed E-state index contributed by atoms with van der Waals surface area (Å²) in [6.07, 6.45) is 2.28. The Morgan fingerprint density at radius 3 is 2.38 bits per heavy atom. The van der Waals surface area contributed by atoms with Crippen molar-refractivity contribution in [3.05, 3.63) is 36.4 Å². The van der Waals surface area contributed by atoms with Crippen LogP contribution in [0.4, 0.5) is 5.69 Å². The molecule has 26 heavy (non-hydrogen) atoms. The first-order valence-electron chi connectivity index (χ1n) is 9.09. The van der Waals surface area contributed by atoms with Crippen molar-refractivity contribution in [2.75, 3.05) is 39.7 Å². The van der Waals surface area contributed by atoms with Crippen molar-refractivity contribution in [1.82, 2.24) is 9.88 Å². The molecule has 0 amide bonds. The van der Waals surface area contributed by atoms with Crippen LogP contribution in [0, 0.1) is 0 Å². The summed E-state index contributed by atoms with van der Waals surface area (Å²) in [6, 6.07) is 12.7. The first-order chi connectivity index (χ1) is 12.7. The lowest BCUT2D eigenvalue weighted by Gasteiger charge is -2.31. The summed E-state index contributed by atoms with van der Waals surface area (Å²) in [7, 11) is 5.51. The average molecular weight is 351 g/mol. The van der Waals surface area contributed by atoms with E-state index < -0.39 is 0 Å². The number of pyridine rings is 1. The number of rotatable bonds is 4. The van der Waals surface area contributed by atoms with Crippen LogP contribution in [0.1, 0.15) is 12.8 Å². The Balaban J connectivity index is 1.88. The van der Waals surface area contributed by atoms with E-state index in [4.69, 9.17) is 14.5 Å². The maximum absolute atomic E-state index is 5.53. The molecule has 1 fully saturated rings. The van der Waals surface area contributed by atoms with Crippen molar-refractivity contribution in [1.29, 1.82) is 0 Å². The van der Waals surface area contributed by atoms with E-state index in [1.54, 1.807) is 14.2 Å². The molecule has 1 saturated heterocycles. The lowest BCUT2D eigenvalue weighted by atomic mass is 10.0. The number of fused-ring (bicyclic) bond motifs is 2. The second-order valence-corrected chi connectivity index (χ2v) is 6.95. The highest BCUT2D eigenvalue weighted by Crippen LogP contribution is 2.38. The monoisotopic (exact) mass is 351 g/mol. The van der Waals surface area contributed by atoms with Gasteiger partial charge in [0.2, 0.25) is 0 Å². The van der Waals surface area contributed by atoms with Crippen LogP contribution in [0.5, 0.6) is 11.5 Å². The summed E-state index contributed by atoms with van der Waals surface area (Å²) >= 11 is 0. The second-order valence-electron chi connectivity index (χ2n) is 6.95. The second kappa shape index (κ2) is 7.00. The zero-order valence-corrected chi connectivity index (χ0v) is 15.6. The smallest absolute Gasteiger partial charge is 0.162 e. The van der Waals surface area contributed by atoms with Gasteiger partial charge in [-0.1, -0.05) is 18.2 Å². The summed E-state index contributed by atoms with van der Waals surface area (Å²) in [5.41, 5.74) is 3.04. The van der Waals surface area contributed by atoms with Crippen molar-refractivity contribution in [3.63, 3.8) is 0 Å². The maximum Gasteiger partial charge on any atom is 0.162 e. The van der Waals surface area contributed by atoms with E-state index in [-0.39, 0.29) is 0 Å². The van der Waals surface area contributed by atoms with Crippen LogP contribution in [-0.4, -0.2) is 50.3 Å². The van der Waals surface area contributed by atoms with Gasteiger partial charge in [0.05, 0.1) is 30.9 Å². The standard InChI is InChI=1S/C21H25N3O2/c1-24-10-8-14(9-11-24)22-21-15-6-4-5-7-17(15)23-18-13-20(26-3)19(25-2)12-16(18)21/h4-7,12-14H,8-11H2,1-3H3,(H,22,23). The number of nitrogens with one attached hydrogen (secondary N) is 1. The number of anilines is 1. The van der Waals surface area contributed by atoms with Gasteiger partial charge in [-0.3, -0.25) is 0 Å². The van der Waals surface area contributed by atoms with Crippen molar-refractivity contribution in [2.45, 2.75) is 18.9 Å². The summed E-state index contributed by atoms with van der Waals surface area (Å²) < 4.78 is 11.0. The van der Waals surface area contributed by atoms with Crippen LogP contribution >= 0.6 is 0 Å². The maximum atomic E-state index is 5.53. The largest absolute Gasteiger partial charge is 0.493 e. The molecular weight excluding hydrogens is 326 g/mol. The van der Waals surface area contributed by atoms with Crippen LogP contribution in [0.3, 0.4) is 0 Å². The molecule has 0 saturated carbocycles. The van der Waals surface area contributed by atoms with Gasteiger partial charge in [0.25, 0.3) is 0 Å². The molecule has 0 aliphatic carbocycles. The molecule has 2 aromatic carbocycles. The van der Waals surface area contributed by atoms with Gasteiger partial charge in [-0.15, -0.1) is 0 Å². The van der Waals surface area contributed by atoms with E-state index in [9.17, 15) is 0 Å². The molecule has 1 aliphatic rings. The van der Waals surface area contributed by atoms with Crippen molar-refractivity contribution in [3.8, 4) is 11.5 Å². The summed E-state index contributed by atoms with van der Waals surface area (Å²) in [4.78, 5) is 7.23. The molecule has 0 atom stereocenters. The fourth-order valence-electron chi connectivity index (χ4n) is 3.73. The molecule has 5 heteroatoms. The molecule has 1 N–H and O–H groups in total. The first-order valence-corrected chi connectivity index (χ1v) is 9.09. The van der Waals surface area contributed by atoms with E-state index in [2.05, 4.69) is 35.5 Å². The highest BCUT2D eigenvalue weighted by Gasteiger charge is 2.20. The Hall–Kier alpha value is -2.53. The number of aromatic nitrogens is 1. The molecule has 3 aromatic rings. The SMILES string of the molecule is COc1cc2nc3ccccc3c(NC3CCN(C)CC3)c2cc1OC. The molecule has 1 aliphatic heterocycles. The van der Waals surface area contributed by atoms with E-state index in [0.717, 1.165) is 59.2 Å². The molecule has 136 valence electrons. The number of piperidine rings is 1. The first kappa shape index (κ1) is 16.9. The number of ether oxygens (including phenoxy) is 2. The predicted octanol–water partition coefficient (Wildman–Crippen LogP) is 3.91. The Bertz CT molecular complexity index is 933. The van der Waals surface area contributed by atoms with Gasteiger partial charge in [-0.2, -0.15) is 0 Å². The summed E-state index contributed by atoms with van der Waals surface area (Å²) in [5.74, 6) is 1.43. The minimum atomic E-state index is 0.466. The van der Waals surface area contributed by atoms with Gasteiger partial charge in [-0.25, -0.2) is 4.98 Å². The van der Waals surface area contributed by atoms with Gasteiger partial charge in [0, 0.05) is 22.9 Å². The topological polar surface area (TPSA) is 46.6 Å². The third kappa shape index (κ3) is 3.03. The predicted molar refractivity (Wildman–Crippen MR) is 106 cm³/mol. The highest BCUT2D eigenvalue weighted by atomic mass is 16.5. The van der Waals surface area contributed by atoms with Gasteiger partial charge in [-0.05, 0) is 45.1 Å². The Morgan fingerprint density at radius 2 is 1.65 bits per heavy atom. The lowest BCUT2D eigenvalue weighted by Crippen LogP contribution is -2.36. The molecule has 0 unspecified atom stereocenters. The van der Waals surface area contributed by atoms with Gasteiger partial charge < -0.3 is 19.7 Å². The van der Waals surface area contributed by atoms with Crippen LogP contribution < -0.4 is 14.8 Å². The molecule has 2 heterocycles. The average Bonchev–Trinajstić information content (AvgIpc) is 2.68. The number of methoxy groups -OCH3 is 2. The Kier molecular flexibility index (Phi) is 4.55. The number of hydrogen-bond donors (Lipinski definition) is 1. The van der Waals surface area contributed by atoms with Crippen LogP contribution in [0.15, 0.2) is 36.4 Å². The van der Waals surface area contributed by atoms with Crippen LogP contribution in [0.2, 0.25) is 0 Å². The molecule has 0 spiro atoms. The van der Waals surface area contributed by atoms with Crippen LogP contribution in [-0.2, 0) is 0 Å². The number of benzene rings is 2. The zero-order valence-electron chi connectivity index (χ0n) is 15.6. The quantitative estimate of drug-likeness (QED) is 0.722. The molecule has 4 rings (SSSR count). The van der Waals surface area contributed by atoms with Crippen molar-refractivity contribution < 1.29 is 9.47 Å². The van der Waals surface area contributed by atoms with E-state index >= 15 is 0 Å². The number of para-hydroxylation sites is 1. The molecule has 1 aromatic heterocycles. The van der Waals surface area contributed by atoms with Gasteiger partial charge in [0.1, 0.15) is 0 Å². The molecule has 5 nitrogen and oxygen atoms in total. The Labute approximate surface area is 153 Å². The lowest BCUT2D eigenvalue weighted by molar-refractivity contribution is 0.264. The number of hydrogen-bond acceptors (Lipinski definition) is 5. The van der Waals surface area contributed by atoms with E-state index in [0.29, 0.717) is 11.8 Å². The van der Waals surface area contributed by atoms with Crippen molar-refractivity contribution in [2.24, 2.45) is 0 Å². The zero-order chi connectivity index (χ0) is 18.1. The fraction of sp³-hybridized carbons (Fsp3) is 0.381.